The number of nitrogens with zero attached hydrogens (tertiary/aromatic N) is 4. The number of rotatable bonds is 5. The molecule has 0 unspecified atom stereocenters. The highest BCUT2D eigenvalue weighted by atomic mass is 19.4. The maximum absolute atomic E-state index is 14.9. The quantitative estimate of drug-likeness (QED) is 0.478. The molecule has 0 aliphatic rings. The van der Waals surface area contributed by atoms with Crippen molar-refractivity contribution in [3.63, 3.8) is 0 Å². The predicted molar refractivity (Wildman–Crippen MR) is 104 cm³/mol. The summed E-state index contributed by atoms with van der Waals surface area (Å²) in [7, 11) is 1.80. The molecule has 10 heteroatoms. The molecular formula is C20H18F4N6. The molecule has 0 aliphatic carbocycles. The summed E-state index contributed by atoms with van der Waals surface area (Å²) in [6, 6.07) is 4.63. The minimum absolute atomic E-state index is 0.0864. The summed E-state index contributed by atoms with van der Waals surface area (Å²) in [5.41, 5.74) is 3.91. The second-order valence-corrected chi connectivity index (χ2v) is 7.08. The minimum atomic E-state index is -4.32. The molecule has 4 aromatic rings. The Bertz CT molecular complexity index is 1180. The van der Waals surface area contributed by atoms with Crippen molar-refractivity contribution >= 4 is 10.9 Å². The van der Waals surface area contributed by atoms with Gasteiger partial charge in [-0.3, -0.25) is 14.8 Å². The number of nitrogens with one attached hydrogen (secondary N) is 2. The lowest BCUT2D eigenvalue weighted by molar-refractivity contribution is -0.125. The third kappa shape index (κ3) is 4.04. The number of pyridine rings is 1. The molecule has 2 N–H and O–H groups in total. The number of halogens is 4. The van der Waals surface area contributed by atoms with Gasteiger partial charge in [0.2, 0.25) is 0 Å². The number of H-pyrrole nitrogens is 1. The second kappa shape index (κ2) is 7.52. The zero-order valence-corrected chi connectivity index (χ0v) is 16.2. The molecule has 0 atom stereocenters. The van der Waals surface area contributed by atoms with Crippen molar-refractivity contribution in [2.24, 2.45) is 7.05 Å². The molecule has 0 amide bonds. The fraction of sp³-hybridized carbons (Fsp3) is 0.250. The van der Waals surface area contributed by atoms with Crippen molar-refractivity contribution in [1.82, 2.24) is 30.3 Å². The smallest absolute Gasteiger partial charge is 0.305 e. The number of aromatic nitrogens is 5. The molecular weight excluding hydrogens is 400 g/mol. The largest absolute Gasteiger partial charge is 0.401 e. The highest BCUT2D eigenvalue weighted by molar-refractivity contribution is 5.94. The standard InChI is InChI=1S/C20H18F4N6/c1-11-3-12(6-25-10-20(22,23)24)4-15(21)18(11)16-5-14-17(8-26-16)28-29-19(14)13-7-27-30(2)9-13/h3-5,7-9,25H,6,10H2,1-2H3,(H,28,29). The summed E-state index contributed by atoms with van der Waals surface area (Å²) in [6.07, 6.45) is 0.771. The highest BCUT2D eigenvalue weighted by Gasteiger charge is 2.26. The van der Waals surface area contributed by atoms with E-state index in [2.05, 4.69) is 25.6 Å². The Hall–Kier alpha value is -3.27. The van der Waals surface area contributed by atoms with Crippen LogP contribution < -0.4 is 5.32 Å². The Morgan fingerprint density at radius 3 is 2.63 bits per heavy atom. The van der Waals surface area contributed by atoms with Crippen LogP contribution in [0.5, 0.6) is 0 Å². The molecule has 0 aliphatic heterocycles. The summed E-state index contributed by atoms with van der Waals surface area (Å²) in [4.78, 5) is 4.34. The van der Waals surface area contributed by atoms with E-state index < -0.39 is 18.5 Å². The van der Waals surface area contributed by atoms with Crippen LogP contribution in [0.25, 0.3) is 33.4 Å². The number of aromatic amines is 1. The molecule has 0 saturated carbocycles. The van der Waals surface area contributed by atoms with Gasteiger partial charge in [-0.05, 0) is 30.2 Å². The minimum Gasteiger partial charge on any atom is -0.305 e. The molecule has 0 radical (unpaired) electrons. The molecule has 0 fully saturated rings. The summed E-state index contributed by atoms with van der Waals surface area (Å²) in [6.45, 7) is 0.483. The van der Waals surface area contributed by atoms with Gasteiger partial charge in [-0.15, -0.1) is 0 Å². The van der Waals surface area contributed by atoms with E-state index >= 15 is 0 Å². The van der Waals surface area contributed by atoms with Gasteiger partial charge >= 0.3 is 6.18 Å². The van der Waals surface area contributed by atoms with E-state index in [1.165, 1.54) is 6.07 Å². The van der Waals surface area contributed by atoms with E-state index in [4.69, 9.17) is 0 Å². The van der Waals surface area contributed by atoms with Gasteiger partial charge < -0.3 is 5.32 Å². The van der Waals surface area contributed by atoms with Crippen molar-refractivity contribution in [2.45, 2.75) is 19.6 Å². The zero-order valence-electron chi connectivity index (χ0n) is 16.2. The van der Waals surface area contributed by atoms with Gasteiger partial charge in [0.1, 0.15) is 11.5 Å². The molecule has 3 aromatic heterocycles. The van der Waals surface area contributed by atoms with Crippen LogP contribution in [0.2, 0.25) is 0 Å². The van der Waals surface area contributed by atoms with Crippen molar-refractivity contribution < 1.29 is 17.6 Å². The van der Waals surface area contributed by atoms with E-state index in [1.807, 2.05) is 6.20 Å². The summed E-state index contributed by atoms with van der Waals surface area (Å²) >= 11 is 0. The van der Waals surface area contributed by atoms with E-state index in [-0.39, 0.29) is 6.54 Å². The third-order valence-electron chi connectivity index (χ3n) is 4.68. The first-order valence-corrected chi connectivity index (χ1v) is 9.11. The monoisotopic (exact) mass is 418 g/mol. The Kier molecular flexibility index (Phi) is 5.02. The van der Waals surface area contributed by atoms with Gasteiger partial charge in [0, 0.05) is 36.3 Å². The Morgan fingerprint density at radius 2 is 1.97 bits per heavy atom. The van der Waals surface area contributed by atoms with Crippen LogP contribution in [-0.2, 0) is 13.6 Å². The number of alkyl halides is 3. The highest BCUT2D eigenvalue weighted by Crippen LogP contribution is 2.32. The van der Waals surface area contributed by atoms with Gasteiger partial charge in [0.05, 0.1) is 30.1 Å². The van der Waals surface area contributed by atoms with E-state index in [9.17, 15) is 17.6 Å². The van der Waals surface area contributed by atoms with Gasteiger partial charge in [-0.2, -0.15) is 23.4 Å². The fourth-order valence-corrected chi connectivity index (χ4v) is 3.41. The van der Waals surface area contributed by atoms with E-state index in [0.717, 1.165) is 10.9 Å². The van der Waals surface area contributed by atoms with E-state index in [0.29, 0.717) is 33.6 Å². The third-order valence-corrected chi connectivity index (χ3v) is 4.68. The van der Waals surface area contributed by atoms with Crippen molar-refractivity contribution in [3.05, 3.63) is 53.7 Å². The summed E-state index contributed by atoms with van der Waals surface area (Å²) in [5.74, 6) is -0.544. The molecule has 0 saturated heterocycles. The number of benzene rings is 1. The van der Waals surface area contributed by atoms with Crippen LogP contribution in [0.3, 0.4) is 0 Å². The van der Waals surface area contributed by atoms with Crippen molar-refractivity contribution in [2.75, 3.05) is 6.54 Å². The first-order valence-electron chi connectivity index (χ1n) is 9.11. The molecule has 4 rings (SSSR count). The lowest BCUT2D eigenvalue weighted by Crippen LogP contribution is -2.28. The molecule has 0 bridgehead atoms. The lowest BCUT2D eigenvalue weighted by Gasteiger charge is -2.12. The Morgan fingerprint density at radius 1 is 1.17 bits per heavy atom. The van der Waals surface area contributed by atoms with Gasteiger partial charge in [0.25, 0.3) is 0 Å². The summed E-state index contributed by atoms with van der Waals surface area (Å²) < 4.78 is 53.5. The molecule has 6 nitrogen and oxygen atoms in total. The number of fused-ring (bicyclic) bond motifs is 1. The fourth-order valence-electron chi connectivity index (χ4n) is 3.41. The van der Waals surface area contributed by atoms with Crippen LogP contribution >= 0.6 is 0 Å². The average molecular weight is 418 g/mol. The zero-order chi connectivity index (χ0) is 21.5. The van der Waals surface area contributed by atoms with Crippen LogP contribution in [-0.4, -0.2) is 37.7 Å². The Balaban J connectivity index is 1.68. The molecule has 1 aromatic carbocycles. The van der Waals surface area contributed by atoms with Crippen LogP contribution in [0.1, 0.15) is 11.1 Å². The van der Waals surface area contributed by atoms with Gasteiger partial charge in [-0.25, -0.2) is 4.39 Å². The number of hydrogen-bond donors (Lipinski definition) is 2. The predicted octanol–water partition coefficient (Wildman–Crippen LogP) is 4.12. The van der Waals surface area contributed by atoms with Gasteiger partial charge in [-0.1, -0.05) is 6.07 Å². The molecule has 3 heterocycles. The molecule has 0 spiro atoms. The van der Waals surface area contributed by atoms with Gasteiger partial charge in [0.15, 0.2) is 0 Å². The first kappa shape index (κ1) is 20.0. The van der Waals surface area contributed by atoms with Crippen molar-refractivity contribution in [3.8, 4) is 22.5 Å². The number of hydrogen-bond acceptors (Lipinski definition) is 4. The maximum Gasteiger partial charge on any atom is 0.401 e. The summed E-state index contributed by atoms with van der Waals surface area (Å²) in [5, 5.41) is 14.4. The first-order chi connectivity index (χ1) is 14.2. The SMILES string of the molecule is Cc1cc(CNCC(F)(F)F)cc(F)c1-c1cc2c(-c3cnn(C)c3)n[nH]c2cn1. The van der Waals surface area contributed by atoms with Crippen LogP contribution in [0.4, 0.5) is 17.6 Å². The topological polar surface area (TPSA) is 71.4 Å². The molecule has 156 valence electrons. The average Bonchev–Trinajstić information content (AvgIpc) is 3.25. The number of aryl methyl sites for hydroxylation is 2. The molecule has 30 heavy (non-hydrogen) atoms. The lowest BCUT2D eigenvalue weighted by atomic mass is 10.00. The van der Waals surface area contributed by atoms with Crippen LogP contribution in [0.15, 0.2) is 36.8 Å². The maximum atomic E-state index is 14.9. The second-order valence-electron chi connectivity index (χ2n) is 7.08. The normalized spacial score (nSPS) is 12.1. The Labute approximate surface area is 168 Å². The van der Waals surface area contributed by atoms with Crippen molar-refractivity contribution in [1.29, 1.82) is 0 Å². The van der Waals surface area contributed by atoms with E-state index in [1.54, 1.807) is 43.2 Å². The van der Waals surface area contributed by atoms with Crippen LogP contribution in [0, 0.1) is 12.7 Å².